The number of hydrogen-bond donors (Lipinski definition) is 0. The van der Waals surface area contributed by atoms with Crippen LogP contribution in [0.5, 0.6) is 0 Å². The molecule has 0 unspecified atom stereocenters. The van der Waals surface area contributed by atoms with E-state index in [1.165, 1.54) is 93.0 Å². The second-order valence-corrected chi connectivity index (χ2v) is 21.0. The van der Waals surface area contributed by atoms with Gasteiger partial charge in [-0.2, -0.15) is 0 Å². The molecule has 3 heterocycles. The molecule has 1 spiro atoms. The van der Waals surface area contributed by atoms with Gasteiger partial charge in [-0.3, -0.25) is 0 Å². The highest BCUT2D eigenvalue weighted by atomic mass is 28.3. The van der Waals surface area contributed by atoms with E-state index in [4.69, 9.17) is 0 Å². The molecular weight excluding hydrogens is 789 g/mol. The van der Waals surface area contributed by atoms with Crippen molar-refractivity contribution in [1.29, 1.82) is 0 Å². The van der Waals surface area contributed by atoms with Gasteiger partial charge in [0.25, 0.3) is 0 Å². The third-order valence-corrected chi connectivity index (χ3v) is 18.9. The average molecular weight is 831 g/mol. The van der Waals surface area contributed by atoms with E-state index in [1.807, 2.05) is 0 Å². The Morgan fingerprint density at radius 3 is 1.48 bits per heavy atom. The second kappa shape index (κ2) is 14.3. The first-order valence-electron chi connectivity index (χ1n) is 22.3. The van der Waals surface area contributed by atoms with E-state index in [9.17, 15) is 0 Å². The fourth-order valence-electron chi connectivity index (χ4n) is 11.6. The number of rotatable bonds is 6. The Hall–Kier alpha value is -7.98. The summed E-state index contributed by atoms with van der Waals surface area (Å²) in [5, 5.41) is 7.94. The molecule has 0 fully saturated rings. The predicted molar refractivity (Wildman–Crippen MR) is 270 cm³/mol. The fraction of sp³-hybridized carbons (Fsp3) is 0.0164. The van der Waals surface area contributed by atoms with Gasteiger partial charge in [-0.1, -0.05) is 218 Å². The minimum absolute atomic E-state index is 0.632. The predicted octanol–water partition coefficient (Wildman–Crippen LogP) is 12.3. The lowest BCUT2D eigenvalue weighted by molar-refractivity contribution is 0.716. The summed E-state index contributed by atoms with van der Waals surface area (Å²) < 4.78 is 2.61. The molecule has 0 saturated heterocycles. The summed E-state index contributed by atoms with van der Waals surface area (Å²) >= 11 is 0. The highest BCUT2D eigenvalue weighted by Crippen LogP contribution is 2.61. The van der Waals surface area contributed by atoms with Gasteiger partial charge in [-0.25, -0.2) is 0 Å². The van der Waals surface area contributed by atoms with Gasteiger partial charge >= 0.3 is 0 Å². The lowest BCUT2D eigenvalue weighted by Gasteiger charge is -2.49. The quantitative estimate of drug-likeness (QED) is 0.120. The lowest BCUT2D eigenvalue weighted by atomic mass is 9.60. The summed E-state index contributed by atoms with van der Waals surface area (Å²) in [5.74, 6) is 0. The van der Waals surface area contributed by atoms with Crippen LogP contribution in [-0.4, -0.2) is 12.6 Å². The molecule has 3 heteroatoms. The van der Waals surface area contributed by atoms with Gasteiger partial charge in [0.15, 0.2) is 8.07 Å². The van der Waals surface area contributed by atoms with Crippen molar-refractivity contribution in [1.82, 2.24) is 4.57 Å². The first-order chi connectivity index (χ1) is 31.8. The van der Waals surface area contributed by atoms with Crippen LogP contribution in [0.2, 0.25) is 0 Å². The van der Waals surface area contributed by atoms with E-state index in [0.29, 0.717) is 0 Å². The van der Waals surface area contributed by atoms with Crippen molar-refractivity contribution in [2.75, 3.05) is 4.90 Å². The second-order valence-electron chi connectivity index (χ2n) is 17.2. The summed E-state index contributed by atoms with van der Waals surface area (Å²) in [6.07, 6.45) is 0. The minimum Gasteiger partial charge on any atom is -0.310 e. The van der Waals surface area contributed by atoms with Crippen molar-refractivity contribution in [2.24, 2.45) is 0 Å². The largest absolute Gasteiger partial charge is 0.310 e. The van der Waals surface area contributed by atoms with Gasteiger partial charge in [0.1, 0.15) is 0 Å². The molecule has 13 rings (SSSR count). The Morgan fingerprint density at radius 2 is 0.797 bits per heavy atom. The number of nitrogens with zero attached hydrogens (tertiary/aromatic N) is 2. The summed E-state index contributed by atoms with van der Waals surface area (Å²) in [6.45, 7) is 0. The zero-order valence-corrected chi connectivity index (χ0v) is 36.1. The molecule has 0 amide bonds. The molecule has 2 aliphatic heterocycles. The third-order valence-electron chi connectivity index (χ3n) is 14.1. The maximum absolute atomic E-state index is 3.03. The minimum atomic E-state index is -3.03. The Balaban J connectivity index is 1.19. The number of aromatic nitrogens is 1. The van der Waals surface area contributed by atoms with Crippen LogP contribution in [0.1, 0.15) is 22.3 Å². The van der Waals surface area contributed by atoms with Crippen LogP contribution in [0.4, 0.5) is 17.1 Å². The molecule has 300 valence electrons. The molecule has 64 heavy (non-hydrogen) atoms. The highest BCUT2D eigenvalue weighted by Gasteiger charge is 2.52. The lowest BCUT2D eigenvalue weighted by Crippen LogP contribution is -2.74. The summed E-state index contributed by atoms with van der Waals surface area (Å²) in [6, 6.07) is 95.7. The topological polar surface area (TPSA) is 8.17 Å². The molecule has 2 nitrogen and oxygen atoms in total. The maximum Gasteiger partial charge on any atom is 0.179 e. The Kier molecular flexibility index (Phi) is 8.18. The van der Waals surface area contributed by atoms with E-state index in [2.05, 4.69) is 264 Å². The number of hydrogen-bond acceptors (Lipinski definition) is 1. The number of anilines is 3. The van der Waals surface area contributed by atoms with Crippen molar-refractivity contribution in [3.05, 3.63) is 277 Å². The van der Waals surface area contributed by atoms with E-state index in [0.717, 1.165) is 5.69 Å². The standard InChI is InChI=1S/C61H42N2Si/c1-5-21-43(22-6-1)44-23-19-30-48(41-44)64(46-26-9-3-10-27-46,47-28-11-4-12-29-47)49-39-40-54-59(42-49)63-56-36-16-13-31-50(56)51-32-20-35-55(60(51)63)61(54)52-33-14-17-37-57(52)62(45-24-7-2-8-25-45)58-38-18-15-34-53(58)61/h1-42H. The van der Waals surface area contributed by atoms with Crippen molar-refractivity contribution in [2.45, 2.75) is 5.41 Å². The van der Waals surface area contributed by atoms with Crippen LogP contribution in [-0.2, 0) is 5.41 Å². The number of benzene rings is 10. The van der Waals surface area contributed by atoms with E-state index in [1.54, 1.807) is 0 Å². The first kappa shape index (κ1) is 36.7. The van der Waals surface area contributed by atoms with Gasteiger partial charge in [0.05, 0.1) is 33.5 Å². The van der Waals surface area contributed by atoms with Crippen LogP contribution in [0, 0.1) is 0 Å². The number of para-hydroxylation sites is 5. The molecule has 0 radical (unpaired) electrons. The molecule has 10 aromatic carbocycles. The summed E-state index contributed by atoms with van der Waals surface area (Å²) in [4.78, 5) is 2.47. The van der Waals surface area contributed by atoms with E-state index < -0.39 is 13.5 Å². The van der Waals surface area contributed by atoms with Gasteiger partial charge < -0.3 is 9.47 Å². The maximum atomic E-state index is 2.61. The van der Waals surface area contributed by atoms with Crippen LogP contribution in [0.25, 0.3) is 38.6 Å². The Morgan fingerprint density at radius 1 is 0.312 bits per heavy atom. The third kappa shape index (κ3) is 5.01. The molecule has 11 aromatic rings. The molecule has 0 aliphatic carbocycles. The average Bonchev–Trinajstić information content (AvgIpc) is 3.72. The zero-order valence-electron chi connectivity index (χ0n) is 35.1. The molecular formula is C61H42N2Si. The van der Waals surface area contributed by atoms with Crippen LogP contribution in [0.3, 0.4) is 0 Å². The smallest absolute Gasteiger partial charge is 0.179 e. The van der Waals surface area contributed by atoms with Crippen molar-refractivity contribution >= 4 is 67.7 Å². The Labute approximate surface area is 374 Å². The molecule has 2 aliphatic rings. The van der Waals surface area contributed by atoms with Crippen molar-refractivity contribution in [3.63, 3.8) is 0 Å². The fourth-order valence-corrected chi connectivity index (χ4v) is 16.4. The SMILES string of the molecule is c1ccc(-c2cccc([Si](c3ccccc3)(c3ccccc3)c3ccc4c(c3)-n3c5ccccc5c5cccc(c53)C43c4ccccc4N(c4ccccc4)c4ccccc43)c2)cc1. The van der Waals surface area contributed by atoms with Gasteiger partial charge in [-0.05, 0) is 90.5 Å². The molecule has 0 bridgehead atoms. The van der Waals surface area contributed by atoms with Crippen LogP contribution >= 0.6 is 0 Å². The van der Waals surface area contributed by atoms with Gasteiger partial charge in [0.2, 0.25) is 0 Å². The zero-order chi connectivity index (χ0) is 42.2. The van der Waals surface area contributed by atoms with Crippen molar-refractivity contribution < 1.29 is 0 Å². The Bertz CT molecular complexity index is 3470. The first-order valence-corrected chi connectivity index (χ1v) is 24.3. The highest BCUT2D eigenvalue weighted by molar-refractivity contribution is 7.20. The van der Waals surface area contributed by atoms with E-state index >= 15 is 0 Å². The molecule has 0 N–H and O–H groups in total. The summed E-state index contributed by atoms with van der Waals surface area (Å²) in [5.41, 5.74) is 14.2. The van der Waals surface area contributed by atoms with Crippen molar-refractivity contribution in [3.8, 4) is 16.8 Å². The molecule has 0 atom stereocenters. The molecule has 1 aromatic heterocycles. The molecule has 0 saturated carbocycles. The number of fused-ring (bicyclic) bond motifs is 11. The van der Waals surface area contributed by atoms with Gasteiger partial charge in [-0.15, -0.1) is 0 Å². The monoisotopic (exact) mass is 830 g/mol. The van der Waals surface area contributed by atoms with Gasteiger partial charge in [0, 0.05) is 16.5 Å². The normalized spacial score (nSPS) is 13.4. The van der Waals surface area contributed by atoms with Crippen LogP contribution in [0.15, 0.2) is 255 Å². The van der Waals surface area contributed by atoms with Crippen LogP contribution < -0.4 is 25.6 Å². The summed E-state index contributed by atoms with van der Waals surface area (Å²) in [7, 11) is -3.03. The van der Waals surface area contributed by atoms with E-state index in [-0.39, 0.29) is 0 Å².